The maximum absolute atomic E-state index is 11.5. The van der Waals surface area contributed by atoms with Crippen LogP contribution in [0.2, 0.25) is 0 Å². The quantitative estimate of drug-likeness (QED) is 0.776. The number of benzene rings is 1. The molecule has 0 spiro atoms. The summed E-state index contributed by atoms with van der Waals surface area (Å²) in [6.45, 7) is 0.772. The number of halogens is 1. The van der Waals surface area contributed by atoms with Crippen LogP contribution in [-0.2, 0) is 16.0 Å². The van der Waals surface area contributed by atoms with Crippen LogP contribution in [0, 0.1) is 0 Å². The van der Waals surface area contributed by atoms with Gasteiger partial charge in [-0.2, -0.15) is 0 Å². The summed E-state index contributed by atoms with van der Waals surface area (Å²) >= 11 is 0. The topological polar surface area (TPSA) is 73.6 Å². The van der Waals surface area contributed by atoms with Crippen molar-refractivity contribution < 1.29 is 14.3 Å². The van der Waals surface area contributed by atoms with E-state index in [-0.39, 0.29) is 24.9 Å². The monoisotopic (exact) mass is 288 g/mol. The zero-order valence-corrected chi connectivity index (χ0v) is 12.0. The zero-order chi connectivity index (χ0) is 13.4. The lowest BCUT2D eigenvalue weighted by atomic mass is 10.1. The molecule has 0 saturated carbocycles. The van der Waals surface area contributed by atoms with Crippen molar-refractivity contribution >= 4 is 18.3 Å². The van der Waals surface area contributed by atoms with Crippen LogP contribution in [0.1, 0.15) is 5.56 Å². The third kappa shape index (κ3) is 6.42. The summed E-state index contributed by atoms with van der Waals surface area (Å²) < 4.78 is 9.95. The van der Waals surface area contributed by atoms with Gasteiger partial charge in [-0.1, -0.05) is 12.1 Å². The molecule has 108 valence electrons. The summed E-state index contributed by atoms with van der Waals surface area (Å²) in [6.07, 6.45) is 0.739. The first-order chi connectivity index (χ1) is 8.67. The molecule has 0 aliphatic rings. The molecule has 0 aliphatic carbocycles. The second-order valence-electron chi connectivity index (χ2n) is 3.95. The highest BCUT2D eigenvalue weighted by atomic mass is 35.5. The highest BCUT2D eigenvalue weighted by Gasteiger charge is 2.11. The number of nitrogens with two attached hydrogens (primary N) is 1. The fourth-order valence-electron chi connectivity index (χ4n) is 1.54. The van der Waals surface area contributed by atoms with Gasteiger partial charge in [0.15, 0.2) is 0 Å². The van der Waals surface area contributed by atoms with Crippen LogP contribution in [-0.4, -0.2) is 39.3 Å². The van der Waals surface area contributed by atoms with Crippen molar-refractivity contribution in [3.8, 4) is 5.75 Å². The average Bonchev–Trinajstić information content (AvgIpc) is 2.39. The van der Waals surface area contributed by atoms with Gasteiger partial charge >= 0.3 is 0 Å². The first-order valence-corrected chi connectivity index (χ1v) is 5.82. The standard InChI is InChI=1S/C13H20N2O3.ClH/c1-17-9-12(14)13(16)15-7-6-10-4-3-5-11(8-10)18-2;/h3-5,8,12H,6-7,9,14H2,1-2H3,(H,15,16);1H. The molecule has 0 saturated heterocycles. The van der Waals surface area contributed by atoms with Crippen molar-refractivity contribution in [3.63, 3.8) is 0 Å². The predicted molar refractivity (Wildman–Crippen MR) is 76.8 cm³/mol. The lowest BCUT2D eigenvalue weighted by Gasteiger charge is -2.11. The van der Waals surface area contributed by atoms with Gasteiger partial charge in [-0.05, 0) is 24.1 Å². The molecule has 19 heavy (non-hydrogen) atoms. The summed E-state index contributed by atoms with van der Waals surface area (Å²) in [5.74, 6) is 0.620. The highest BCUT2D eigenvalue weighted by Crippen LogP contribution is 2.12. The zero-order valence-electron chi connectivity index (χ0n) is 11.2. The van der Waals surface area contributed by atoms with E-state index < -0.39 is 6.04 Å². The Labute approximate surface area is 119 Å². The van der Waals surface area contributed by atoms with Gasteiger partial charge in [0.05, 0.1) is 13.7 Å². The molecule has 1 atom stereocenters. The van der Waals surface area contributed by atoms with Crippen molar-refractivity contribution in [2.24, 2.45) is 5.73 Å². The van der Waals surface area contributed by atoms with Crippen molar-refractivity contribution in [2.75, 3.05) is 27.4 Å². The Balaban J connectivity index is 0.00000324. The molecular weight excluding hydrogens is 268 g/mol. The van der Waals surface area contributed by atoms with Gasteiger partial charge in [0.25, 0.3) is 0 Å². The van der Waals surface area contributed by atoms with Crippen LogP contribution in [0.15, 0.2) is 24.3 Å². The molecule has 0 bridgehead atoms. The van der Waals surface area contributed by atoms with E-state index in [1.807, 2.05) is 24.3 Å². The fraction of sp³-hybridized carbons (Fsp3) is 0.462. The third-order valence-corrected chi connectivity index (χ3v) is 2.53. The second-order valence-corrected chi connectivity index (χ2v) is 3.95. The van der Waals surface area contributed by atoms with Crippen molar-refractivity contribution in [2.45, 2.75) is 12.5 Å². The number of ether oxygens (including phenoxy) is 2. The summed E-state index contributed by atoms with van der Waals surface area (Å²) in [5.41, 5.74) is 6.70. The van der Waals surface area contributed by atoms with E-state index >= 15 is 0 Å². The predicted octanol–water partition coefficient (Wildman–Crippen LogP) is 0.749. The van der Waals surface area contributed by atoms with Crippen molar-refractivity contribution in [1.82, 2.24) is 5.32 Å². The van der Waals surface area contributed by atoms with Gasteiger partial charge in [0.2, 0.25) is 5.91 Å². The van der Waals surface area contributed by atoms with Crippen LogP contribution in [0.4, 0.5) is 0 Å². The van der Waals surface area contributed by atoms with Gasteiger partial charge in [-0.3, -0.25) is 4.79 Å². The Bertz CT molecular complexity index is 388. The number of nitrogens with one attached hydrogen (secondary N) is 1. The van der Waals surface area contributed by atoms with E-state index in [1.54, 1.807) is 7.11 Å². The molecule has 0 fully saturated rings. The average molecular weight is 289 g/mol. The first-order valence-electron chi connectivity index (χ1n) is 5.82. The van der Waals surface area contributed by atoms with Crippen LogP contribution in [0.5, 0.6) is 5.75 Å². The largest absolute Gasteiger partial charge is 0.497 e. The maximum atomic E-state index is 11.5. The second kappa shape index (κ2) is 9.61. The normalized spacial score (nSPS) is 11.3. The molecule has 5 nitrogen and oxygen atoms in total. The van der Waals surface area contributed by atoms with Gasteiger partial charge < -0.3 is 20.5 Å². The molecule has 1 aromatic carbocycles. The lowest BCUT2D eigenvalue weighted by molar-refractivity contribution is -0.123. The Kier molecular flexibility index (Phi) is 8.95. The Morgan fingerprint density at radius 1 is 1.42 bits per heavy atom. The molecule has 6 heteroatoms. The Morgan fingerprint density at radius 2 is 2.16 bits per heavy atom. The van der Waals surface area contributed by atoms with Crippen LogP contribution in [0.25, 0.3) is 0 Å². The molecule has 3 N–H and O–H groups in total. The number of carbonyl (C=O) groups is 1. The first kappa shape index (κ1) is 17.7. The van der Waals surface area contributed by atoms with E-state index in [0.717, 1.165) is 17.7 Å². The SMILES string of the molecule is COCC(N)C(=O)NCCc1cccc(OC)c1.Cl. The van der Waals surface area contributed by atoms with Crippen molar-refractivity contribution in [3.05, 3.63) is 29.8 Å². The van der Waals surface area contributed by atoms with E-state index in [4.69, 9.17) is 15.2 Å². The van der Waals surface area contributed by atoms with Gasteiger partial charge in [0, 0.05) is 13.7 Å². The van der Waals surface area contributed by atoms with Gasteiger partial charge in [-0.25, -0.2) is 0 Å². The van der Waals surface area contributed by atoms with Crippen LogP contribution in [0.3, 0.4) is 0 Å². The molecule has 0 aromatic heterocycles. The third-order valence-electron chi connectivity index (χ3n) is 2.53. The highest BCUT2D eigenvalue weighted by molar-refractivity contribution is 5.85. The Hall–Kier alpha value is -1.30. The lowest BCUT2D eigenvalue weighted by Crippen LogP contribution is -2.44. The maximum Gasteiger partial charge on any atom is 0.239 e. The minimum atomic E-state index is -0.611. The number of carbonyl (C=O) groups excluding carboxylic acids is 1. The fourth-order valence-corrected chi connectivity index (χ4v) is 1.54. The number of hydrogen-bond donors (Lipinski definition) is 2. The van der Waals surface area contributed by atoms with Crippen LogP contribution >= 0.6 is 12.4 Å². The van der Waals surface area contributed by atoms with Crippen LogP contribution < -0.4 is 15.8 Å². The smallest absolute Gasteiger partial charge is 0.239 e. The molecule has 1 unspecified atom stereocenters. The summed E-state index contributed by atoms with van der Waals surface area (Å²) in [7, 11) is 3.15. The molecule has 1 rings (SSSR count). The van der Waals surface area contributed by atoms with Gasteiger partial charge in [-0.15, -0.1) is 12.4 Å². The molecule has 0 radical (unpaired) electrons. The molecular formula is C13H21ClN2O3. The van der Waals surface area contributed by atoms with E-state index in [0.29, 0.717) is 6.54 Å². The summed E-state index contributed by atoms with van der Waals surface area (Å²) in [5, 5.41) is 2.77. The van der Waals surface area contributed by atoms with E-state index in [1.165, 1.54) is 7.11 Å². The van der Waals surface area contributed by atoms with Gasteiger partial charge in [0.1, 0.15) is 11.8 Å². The number of rotatable bonds is 7. The van der Waals surface area contributed by atoms with E-state index in [2.05, 4.69) is 5.32 Å². The molecule has 1 amide bonds. The minimum Gasteiger partial charge on any atom is -0.497 e. The summed E-state index contributed by atoms with van der Waals surface area (Å²) in [4.78, 5) is 11.5. The van der Waals surface area contributed by atoms with Crippen molar-refractivity contribution in [1.29, 1.82) is 0 Å². The summed E-state index contributed by atoms with van der Waals surface area (Å²) in [6, 6.07) is 7.13. The number of hydrogen-bond acceptors (Lipinski definition) is 4. The minimum absolute atomic E-state index is 0. The molecule has 0 heterocycles. The molecule has 0 aliphatic heterocycles. The molecule has 1 aromatic rings. The van der Waals surface area contributed by atoms with E-state index in [9.17, 15) is 4.79 Å². The number of amides is 1. The Morgan fingerprint density at radius 3 is 2.79 bits per heavy atom. The number of methoxy groups -OCH3 is 2.